The highest BCUT2D eigenvalue weighted by molar-refractivity contribution is 5.77. The number of rotatable bonds is 40. The van der Waals surface area contributed by atoms with Crippen LogP contribution in [0.15, 0.2) is 12.2 Å². The van der Waals surface area contributed by atoms with Gasteiger partial charge in [0.1, 0.15) is 6.10 Å². The van der Waals surface area contributed by atoms with Crippen LogP contribution in [-0.4, -0.2) is 46.9 Å². The Labute approximate surface area is 317 Å². The maximum absolute atomic E-state index is 13.1. The Kier molecular flexibility index (Phi) is 38.7. The van der Waals surface area contributed by atoms with E-state index >= 15 is 0 Å². The molecule has 3 unspecified atom stereocenters. The Balaban J connectivity index is 4.60. The summed E-state index contributed by atoms with van der Waals surface area (Å²) >= 11 is 0. The van der Waals surface area contributed by atoms with Crippen LogP contribution in [0.5, 0.6) is 0 Å². The van der Waals surface area contributed by atoms with Crippen LogP contribution in [-0.2, 0) is 14.3 Å². The molecule has 0 bridgehead atoms. The van der Waals surface area contributed by atoms with Crippen LogP contribution >= 0.6 is 0 Å². The van der Waals surface area contributed by atoms with E-state index in [2.05, 4.69) is 38.2 Å². The van der Waals surface area contributed by atoms with E-state index in [9.17, 15) is 19.8 Å². The molecular weight excluding hydrogens is 634 g/mol. The number of carbonyl (C=O) groups is 2. The monoisotopic (exact) mass is 722 g/mol. The van der Waals surface area contributed by atoms with Crippen LogP contribution in [0.25, 0.3) is 0 Å². The van der Waals surface area contributed by atoms with Crippen LogP contribution < -0.4 is 5.32 Å². The van der Waals surface area contributed by atoms with Crippen molar-refractivity contribution in [2.75, 3.05) is 6.61 Å². The molecule has 0 heterocycles. The Morgan fingerprint density at radius 2 is 0.961 bits per heavy atom. The maximum atomic E-state index is 13.1. The van der Waals surface area contributed by atoms with Gasteiger partial charge in [-0.1, -0.05) is 193 Å². The molecule has 51 heavy (non-hydrogen) atoms. The lowest BCUT2D eigenvalue weighted by molar-refractivity contribution is -0.151. The number of aliphatic hydroxyl groups is 2. The molecule has 0 rings (SSSR count). The lowest BCUT2D eigenvalue weighted by Crippen LogP contribution is -2.46. The third kappa shape index (κ3) is 35.4. The summed E-state index contributed by atoms with van der Waals surface area (Å²) in [5, 5.41) is 23.6. The van der Waals surface area contributed by atoms with Gasteiger partial charge in [0.15, 0.2) is 0 Å². The minimum Gasteiger partial charge on any atom is -0.462 e. The number of unbranched alkanes of at least 4 members (excludes halogenated alkanes) is 26. The van der Waals surface area contributed by atoms with Crippen LogP contribution in [0.3, 0.4) is 0 Å². The highest BCUT2D eigenvalue weighted by Crippen LogP contribution is 2.17. The van der Waals surface area contributed by atoms with Crippen molar-refractivity contribution < 1.29 is 24.5 Å². The average molecular weight is 722 g/mol. The second kappa shape index (κ2) is 39.8. The standard InChI is InChI=1S/C45H87NO5/c1-4-7-10-13-16-19-22-24-27-30-33-36-41(51-45(50)38-35-32-29-26-23-20-17-14-11-8-5-2)39-44(49)46-42(40-47)43(48)37-34-31-28-25-21-18-15-12-9-6-3/h24,27,41-43,47-48H,4-23,25-26,28-40H2,1-3H3,(H,46,49)/b27-24-. The fourth-order valence-electron chi connectivity index (χ4n) is 6.90. The summed E-state index contributed by atoms with van der Waals surface area (Å²) in [5.41, 5.74) is 0. The van der Waals surface area contributed by atoms with Gasteiger partial charge in [0.25, 0.3) is 0 Å². The molecule has 0 aliphatic carbocycles. The van der Waals surface area contributed by atoms with Gasteiger partial charge in [-0.3, -0.25) is 9.59 Å². The van der Waals surface area contributed by atoms with Gasteiger partial charge in [0.05, 0.1) is 25.2 Å². The quantitative estimate of drug-likeness (QED) is 0.0332. The van der Waals surface area contributed by atoms with Crippen molar-refractivity contribution in [3.05, 3.63) is 12.2 Å². The summed E-state index contributed by atoms with van der Waals surface area (Å²) in [4.78, 5) is 25.9. The predicted octanol–water partition coefficient (Wildman–Crippen LogP) is 12.6. The first-order valence-corrected chi connectivity index (χ1v) is 22.4. The van der Waals surface area contributed by atoms with Crippen molar-refractivity contribution >= 4 is 11.9 Å². The van der Waals surface area contributed by atoms with E-state index in [0.29, 0.717) is 19.3 Å². The molecule has 0 aromatic heterocycles. The third-order valence-electron chi connectivity index (χ3n) is 10.3. The Morgan fingerprint density at radius 3 is 1.43 bits per heavy atom. The highest BCUT2D eigenvalue weighted by atomic mass is 16.5. The van der Waals surface area contributed by atoms with Crippen molar-refractivity contribution in [1.29, 1.82) is 0 Å². The molecule has 6 heteroatoms. The van der Waals surface area contributed by atoms with E-state index < -0.39 is 18.2 Å². The molecule has 6 nitrogen and oxygen atoms in total. The minimum atomic E-state index is -0.785. The molecule has 0 aliphatic heterocycles. The zero-order valence-electron chi connectivity index (χ0n) is 34.3. The molecule has 0 radical (unpaired) electrons. The fourth-order valence-corrected chi connectivity index (χ4v) is 6.90. The Morgan fingerprint density at radius 1 is 0.549 bits per heavy atom. The van der Waals surface area contributed by atoms with E-state index in [0.717, 1.165) is 57.8 Å². The fraction of sp³-hybridized carbons (Fsp3) is 0.911. The Bertz CT molecular complexity index is 772. The number of nitrogens with one attached hydrogen (secondary N) is 1. The van der Waals surface area contributed by atoms with Crippen molar-refractivity contribution in [1.82, 2.24) is 5.32 Å². The SMILES string of the molecule is CCCCCCCC/C=C\CCCC(CC(=O)NC(CO)C(O)CCCCCCCCCCCC)OC(=O)CCCCCCCCCCCCC. The summed E-state index contributed by atoms with van der Waals surface area (Å²) in [6, 6.07) is -0.700. The first kappa shape index (κ1) is 49.6. The predicted molar refractivity (Wildman–Crippen MR) is 218 cm³/mol. The van der Waals surface area contributed by atoms with E-state index in [4.69, 9.17) is 4.74 Å². The number of allylic oxidation sites excluding steroid dienone is 2. The topological polar surface area (TPSA) is 95.9 Å². The first-order chi connectivity index (χ1) is 25.0. The van der Waals surface area contributed by atoms with Crippen LogP contribution in [0.1, 0.15) is 239 Å². The normalized spacial score (nSPS) is 13.4. The number of ether oxygens (including phenoxy) is 1. The zero-order valence-corrected chi connectivity index (χ0v) is 34.3. The molecular formula is C45H87NO5. The van der Waals surface area contributed by atoms with Gasteiger partial charge in [0.2, 0.25) is 5.91 Å². The highest BCUT2D eigenvalue weighted by Gasteiger charge is 2.24. The molecule has 0 aliphatic rings. The van der Waals surface area contributed by atoms with E-state index in [1.54, 1.807) is 0 Å². The summed E-state index contributed by atoms with van der Waals surface area (Å²) in [6.45, 7) is 6.44. The van der Waals surface area contributed by atoms with E-state index in [-0.39, 0.29) is 24.9 Å². The van der Waals surface area contributed by atoms with E-state index in [1.807, 2.05) is 0 Å². The van der Waals surface area contributed by atoms with Crippen molar-refractivity contribution in [2.24, 2.45) is 0 Å². The molecule has 1 amide bonds. The molecule has 0 saturated carbocycles. The average Bonchev–Trinajstić information content (AvgIpc) is 3.12. The second-order valence-electron chi connectivity index (χ2n) is 15.5. The van der Waals surface area contributed by atoms with Crippen molar-refractivity contribution in [3.63, 3.8) is 0 Å². The van der Waals surface area contributed by atoms with Crippen molar-refractivity contribution in [3.8, 4) is 0 Å². The van der Waals surface area contributed by atoms with E-state index in [1.165, 1.54) is 135 Å². The van der Waals surface area contributed by atoms with Crippen LogP contribution in [0.4, 0.5) is 0 Å². The summed E-state index contributed by atoms with van der Waals surface area (Å²) < 4.78 is 5.87. The molecule has 3 N–H and O–H groups in total. The molecule has 3 atom stereocenters. The summed E-state index contributed by atoms with van der Waals surface area (Å²) in [6.07, 6.45) is 41.3. The smallest absolute Gasteiger partial charge is 0.306 e. The van der Waals surface area contributed by atoms with Gasteiger partial charge in [-0.15, -0.1) is 0 Å². The van der Waals surface area contributed by atoms with Gasteiger partial charge < -0.3 is 20.3 Å². The van der Waals surface area contributed by atoms with Gasteiger partial charge in [0, 0.05) is 6.42 Å². The first-order valence-electron chi connectivity index (χ1n) is 22.4. The van der Waals surface area contributed by atoms with Crippen LogP contribution in [0, 0.1) is 0 Å². The molecule has 0 spiro atoms. The minimum absolute atomic E-state index is 0.0624. The lowest BCUT2D eigenvalue weighted by Gasteiger charge is -2.24. The molecule has 0 aromatic rings. The zero-order chi connectivity index (χ0) is 37.5. The number of esters is 1. The maximum Gasteiger partial charge on any atom is 0.306 e. The lowest BCUT2D eigenvalue weighted by atomic mass is 10.0. The number of amides is 1. The number of aliphatic hydroxyl groups excluding tert-OH is 2. The van der Waals surface area contributed by atoms with Crippen molar-refractivity contribution in [2.45, 2.75) is 257 Å². The third-order valence-corrected chi connectivity index (χ3v) is 10.3. The van der Waals surface area contributed by atoms with Gasteiger partial charge >= 0.3 is 5.97 Å². The second-order valence-corrected chi connectivity index (χ2v) is 15.5. The van der Waals surface area contributed by atoms with Gasteiger partial charge in [-0.05, 0) is 44.9 Å². The number of carbonyl (C=O) groups excluding carboxylic acids is 2. The molecule has 0 aromatic carbocycles. The number of hydrogen-bond acceptors (Lipinski definition) is 5. The Hall–Kier alpha value is -1.40. The molecule has 0 fully saturated rings. The summed E-state index contributed by atoms with van der Waals surface area (Å²) in [7, 11) is 0. The molecule has 0 saturated heterocycles. The van der Waals surface area contributed by atoms with Gasteiger partial charge in [-0.2, -0.15) is 0 Å². The molecule has 302 valence electrons. The number of hydrogen-bond donors (Lipinski definition) is 3. The van der Waals surface area contributed by atoms with Crippen LogP contribution in [0.2, 0.25) is 0 Å². The largest absolute Gasteiger partial charge is 0.462 e. The van der Waals surface area contributed by atoms with Gasteiger partial charge in [-0.25, -0.2) is 0 Å². The summed E-state index contributed by atoms with van der Waals surface area (Å²) in [5.74, 6) is -0.496.